The van der Waals surface area contributed by atoms with Gasteiger partial charge in [0.05, 0.1) is 10.6 Å². The van der Waals surface area contributed by atoms with Crippen molar-refractivity contribution in [3.8, 4) is 11.3 Å². The maximum atomic E-state index is 13.3. The van der Waals surface area contributed by atoms with Gasteiger partial charge in [-0.05, 0) is 67.8 Å². The highest BCUT2D eigenvalue weighted by Gasteiger charge is 2.42. The Hall–Kier alpha value is -2.55. The first kappa shape index (κ1) is 21.3. The monoisotopic (exact) mass is 454 g/mol. The van der Waals surface area contributed by atoms with Crippen LogP contribution in [0.5, 0.6) is 0 Å². The van der Waals surface area contributed by atoms with Crippen molar-refractivity contribution in [1.82, 2.24) is 19.4 Å². The summed E-state index contributed by atoms with van der Waals surface area (Å²) in [5.41, 5.74) is 2.94. The fourth-order valence-electron chi connectivity index (χ4n) is 5.16. The van der Waals surface area contributed by atoms with Crippen molar-refractivity contribution in [3.63, 3.8) is 0 Å². The number of hydrogen-bond acceptors (Lipinski definition) is 4. The van der Waals surface area contributed by atoms with Gasteiger partial charge in [-0.15, -0.1) is 0 Å². The van der Waals surface area contributed by atoms with E-state index in [9.17, 15) is 12.8 Å². The standard InChI is InChI=1S/C24H27FN4O2S/c1-28-24(14-23(27-28)17-7-9-19(25)10-8-17)22-16-29-12-11-18(22)13-20(29)15-26-32(30,31)21-5-3-2-4-6-21/h2-10,14,18,20,22,26H,11-13,15-16H2,1H3/t18-,20+,22-/m0/s1. The third kappa shape index (κ3) is 4.10. The molecular weight excluding hydrogens is 427 g/mol. The summed E-state index contributed by atoms with van der Waals surface area (Å²) in [4.78, 5) is 2.71. The third-order valence-corrected chi connectivity index (χ3v) is 8.32. The van der Waals surface area contributed by atoms with Crippen molar-refractivity contribution in [2.45, 2.75) is 29.7 Å². The summed E-state index contributed by atoms with van der Waals surface area (Å²) in [6.07, 6.45) is 2.06. The molecule has 8 heteroatoms. The van der Waals surface area contributed by atoms with E-state index in [2.05, 4.69) is 20.8 Å². The molecule has 6 nitrogen and oxygen atoms in total. The molecule has 168 valence electrons. The quantitative estimate of drug-likeness (QED) is 0.620. The maximum Gasteiger partial charge on any atom is 0.240 e. The van der Waals surface area contributed by atoms with Gasteiger partial charge in [0.15, 0.2) is 0 Å². The number of sulfonamides is 1. The average molecular weight is 455 g/mol. The van der Waals surface area contributed by atoms with E-state index in [4.69, 9.17) is 0 Å². The molecule has 0 saturated carbocycles. The second kappa shape index (κ2) is 8.42. The lowest BCUT2D eigenvalue weighted by atomic mass is 9.74. The van der Waals surface area contributed by atoms with E-state index >= 15 is 0 Å². The van der Waals surface area contributed by atoms with Gasteiger partial charge in [-0.3, -0.25) is 9.58 Å². The molecule has 1 N–H and O–H groups in total. The fourth-order valence-corrected chi connectivity index (χ4v) is 6.26. The molecule has 4 heterocycles. The summed E-state index contributed by atoms with van der Waals surface area (Å²) in [5, 5.41) is 4.67. The lowest BCUT2D eigenvalue weighted by Gasteiger charge is -2.49. The molecule has 3 aliphatic rings. The van der Waals surface area contributed by atoms with Crippen LogP contribution in [0.4, 0.5) is 4.39 Å². The van der Waals surface area contributed by atoms with Crippen molar-refractivity contribution in [1.29, 1.82) is 0 Å². The summed E-state index contributed by atoms with van der Waals surface area (Å²) in [6.45, 7) is 2.30. The van der Waals surface area contributed by atoms with Crippen LogP contribution in [0, 0.1) is 11.7 Å². The van der Waals surface area contributed by atoms with E-state index in [0.29, 0.717) is 23.3 Å². The predicted octanol–water partition coefficient (Wildman–Crippen LogP) is 3.38. The zero-order valence-corrected chi connectivity index (χ0v) is 18.8. The maximum absolute atomic E-state index is 13.3. The number of halogens is 1. The van der Waals surface area contributed by atoms with Gasteiger partial charge in [-0.25, -0.2) is 17.5 Å². The molecule has 0 radical (unpaired) electrons. The first-order chi connectivity index (χ1) is 15.4. The average Bonchev–Trinajstić information content (AvgIpc) is 3.20. The first-order valence-corrected chi connectivity index (χ1v) is 12.5. The number of nitrogens with one attached hydrogen (secondary N) is 1. The molecule has 3 aliphatic heterocycles. The molecular formula is C24H27FN4O2S. The summed E-state index contributed by atoms with van der Waals surface area (Å²) < 4.78 is 43.2. The van der Waals surface area contributed by atoms with Crippen LogP contribution in [-0.2, 0) is 17.1 Å². The van der Waals surface area contributed by atoms with Gasteiger partial charge >= 0.3 is 0 Å². The Kier molecular flexibility index (Phi) is 5.61. The minimum absolute atomic E-state index is 0.202. The Morgan fingerprint density at radius 2 is 1.88 bits per heavy atom. The molecule has 0 amide bonds. The van der Waals surface area contributed by atoms with Crippen molar-refractivity contribution in [2.75, 3.05) is 19.6 Å². The van der Waals surface area contributed by atoms with Crippen molar-refractivity contribution in [3.05, 3.63) is 72.2 Å². The molecule has 2 aromatic carbocycles. The van der Waals surface area contributed by atoms with Crippen LogP contribution >= 0.6 is 0 Å². The van der Waals surface area contributed by atoms with Crippen LogP contribution in [0.15, 0.2) is 65.6 Å². The molecule has 3 aromatic rings. The zero-order chi connectivity index (χ0) is 22.3. The van der Waals surface area contributed by atoms with E-state index in [1.54, 1.807) is 36.4 Å². The Morgan fingerprint density at radius 1 is 1.12 bits per heavy atom. The Balaban J connectivity index is 1.28. The summed E-state index contributed by atoms with van der Waals surface area (Å²) in [6, 6.07) is 17.3. The van der Waals surface area contributed by atoms with Crippen LogP contribution < -0.4 is 4.72 Å². The number of aryl methyl sites for hydroxylation is 1. The highest BCUT2D eigenvalue weighted by molar-refractivity contribution is 7.89. The minimum Gasteiger partial charge on any atom is -0.298 e. The second-order valence-electron chi connectivity index (χ2n) is 8.79. The number of piperidine rings is 3. The fraction of sp³-hybridized carbons (Fsp3) is 0.375. The van der Waals surface area contributed by atoms with Crippen molar-refractivity contribution < 1.29 is 12.8 Å². The van der Waals surface area contributed by atoms with Gasteiger partial charge in [-0.2, -0.15) is 5.10 Å². The van der Waals surface area contributed by atoms with E-state index in [-0.39, 0.29) is 11.9 Å². The molecule has 1 aromatic heterocycles. The van der Waals surface area contributed by atoms with Gasteiger partial charge in [0.1, 0.15) is 5.82 Å². The van der Waals surface area contributed by atoms with Gasteiger partial charge in [0.2, 0.25) is 10.0 Å². The lowest BCUT2D eigenvalue weighted by molar-refractivity contribution is 0.0306. The molecule has 0 aliphatic carbocycles. The highest BCUT2D eigenvalue weighted by Crippen LogP contribution is 2.42. The van der Waals surface area contributed by atoms with E-state index in [1.165, 1.54) is 17.8 Å². The van der Waals surface area contributed by atoms with Crippen molar-refractivity contribution in [2.24, 2.45) is 13.0 Å². The van der Waals surface area contributed by atoms with Crippen LogP contribution in [0.25, 0.3) is 11.3 Å². The topological polar surface area (TPSA) is 67.2 Å². The molecule has 1 unspecified atom stereocenters. The third-order valence-electron chi connectivity index (χ3n) is 6.88. The summed E-state index contributed by atoms with van der Waals surface area (Å²) in [7, 11) is -1.53. The second-order valence-corrected chi connectivity index (χ2v) is 10.6. The van der Waals surface area contributed by atoms with Gasteiger partial charge in [0, 0.05) is 43.4 Å². The largest absolute Gasteiger partial charge is 0.298 e. The molecule has 4 atom stereocenters. The minimum atomic E-state index is -3.50. The van der Waals surface area contributed by atoms with Crippen LogP contribution in [0.2, 0.25) is 0 Å². The van der Waals surface area contributed by atoms with E-state index in [1.807, 2.05) is 17.8 Å². The normalized spacial score (nSPS) is 25.2. The molecule has 32 heavy (non-hydrogen) atoms. The van der Waals surface area contributed by atoms with E-state index in [0.717, 1.165) is 37.2 Å². The lowest BCUT2D eigenvalue weighted by Crippen LogP contribution is -2.56. The van der Waals surface area contributed by atoms with Crippen LogP contribution in [-0.4, -0.2) is 48.8 Å². The Bertz CT molecular complexity index is 1190. The Labute approximate surface area is 188 Å². The van der Waals surface area contributed by atoms with Gasteiger partial charge in [-0.1, -0.05) is 18.2 Å². The van der Waals surface area contributed by atoms with Crippen molar-refractivity contribution >= 4 is 10.0 Å². The van der Waals surface area contributed by atoms with Crippen LogP contribution in [0.1, 0.15) is 24.5 Å². The first-order valence-electron chi connectivity index (χ1n) is 11.0. The molecule has 3 fully saturated rings. The number of aromatic nitrogens is 2. The van der Waals surface area contributed by atoms with Gasteiger partial charge < -0.3 is 0 Å². The zero-order valence-electron chi connectivity index (χ0n) is 18.0. The number of fused-ring (bicyclic) bond motifs is 3. The molecule has 6 rings (SSSR count). The summed E-state index contributed by atoms with van der Waals surface area (Å²) in [5.74, 6) is 0.594. The SMILES string of the molecule is Cn1nc(-c2ccc(F)cc2)cc1[C@H]1CN2CC[C@H]1C[C@@H]2CNS(=O)(=O)c1ccccc1. The smallest absolute Gasteiger partial charge is 0.240 e. The predicted molar refractivity (Wildman–Crippen MR) is 121 cm³/mol. The Morgan fingerprint density at radius 3 is 2.56 bits per heavy atom. The highest BCUT2D eigenvalue weighted by atomic mass is 32.2. The summed E-state index contributed by atoms with van der Waals surface area (Å²) >= 11 is 0. The molecule has 0 spiro atoms. The van der Waals surface area contributed by atoms with Gasteiger partial charge in [0.25, 0.3) is 0 Å². The van der Waals surface area contributed by atoms with E-state index < -0.39 is 10.0 Å². The number of nitrogens with zero attached hydrogens (tertiary/aromatic N) is 3. The molecule has 3 saturated heterocycles. The number of benzene rings is 2. The molecule has 2 bridgehead atoms. The number of rotatable bonds is 6. The number of hydrogen-bond donors (Lipinski definition) is 1. The van der Waals surface area contributed by atoms with Crippen LogP contribution in [0.3, 0.4) is 0 Å².